The van der Waals surface area contributed by atoms with Crippen molar-refractivity contribution in [3.05, 3.63) is 27.9 Å². The lowest BCUT2D eigenvalue weighted by atomic mass is 10.1. The molecule has 108 valence electrons. The minimum absolute atomic E-state index is 0.120. The Hall–Kier alpha value is -1.83. The van der Waals surface area contributed by atoms with Gasteiger partial charge in [0, 0.05) is 29.7 Å². The van der Waals surface area contributed by atoms with Gasteiger partial charge in [0.2, 0.25) is 0 Å². The summed E-state index contributed by atoms with van der Waals surface area (Å²) in [5.41, 5.74) is -0.427. The maximum Gasteiger partial charge on any atom is 0.339 e. The van der Waals surface area contributed by atoms with Crippen LogP contribution in [0.3, 0.4) is 0 Å². The minimum Gasteiger partial charge on any atom is -0.478 e. The molecule has 2 heterocycles. The predicted octanol–water partition coefficient (Wildman–Crippen LogP) is 2.02. The molecular weight excluding hydrogens is 282 g/mol. The molecule has 7 nitrogen and oxygen atoms in total. The molecule has 2 unspecified atom stereocenters. The number of thioether (sulfide) groups is 1. The number of rotatable bonds is 3. The third-order valence-electron chi connectivity index (χ3n) is 3.45. The molecule has 0 bridgehead atoms. The number of carboxylic acid groups (broad SMARTS) is 1. The fourth-order valence-electron chi connectivity index (χ4n) is 2.16. The summed E-state index contributed by atoms with van der Waals surface area (Å²) in [4.78, 5) is 27.4. The quantitative estimate of drug-likeness (QED) is 0.673. The van der Waals surface area contributed by atoms with E-state index in [1.165, 1.54) is 0 Å². The van der Waals surface area contributed by atoms with Gasteiger partial charge < -0.3 is 10.0 Å². The van der Waals surface area contributed by atoms with Crippen molar-refractivity contribution >= 4 is 29.2 Å². The molecule has 1 N–H and O–H groups in total. The predicted molar refractivity (Wildman–Crippen MR) is 76.6 cm³/mol. The summed E-state index contributed by atoms with van der Waals surface area (Å²) >= 11 is 1.82. The van der Waals surface area contributed by atoms with Gasteiger partial charge in [0.1, 0.15) is 17.6 Å². The first-order valence-corrected chi connectivity index (χ1v) is 7.22. The van der Waals surface area contributed by atoms with Crippen LogP contribution in [0.5, 0.6) is 0 Å². The Balaban J connectivity index is 2.45. The van der Waals surface area contributed by atoms with Gasteiger partial charge >= 0.3 is 5.97 Å². The molecule has 1 aliphatic heterocycles. The Morgan fingerprint density at radius 3 is 2.90 bits per heavy atom. The first-order valence-electron chi connectivity index (χ1n) is 6.17. The molecule has 1 saturated heterocycles. The molecular formula is C12H15N3O4S. The van der Waals surface area contributed by atoms with Crippen LogP contribution in [0, 0.1) is 10.1 Å². The van der Waals surface area contributed by atoms with Gasteiger partial charge in [-0.1, -0.05) is 6.92 Å². The van der Waals surface area contributed by atoms with Crippen molar-refractivity contribution in [1.82, 2.24) is 4.98 Å². The van der Waals surface area contributed by atoms with E-state index in [1.807, 2.05) is 23.6 Å². The number of hydrogen-bond donors (Lipinski definition) is 1. The zero-order chi connectivity index (χ0) is 14.9. The van der Waals surface area contributed by atoms with E-state index < -0.39 is 10.9 Å². The van der Waals surface area contributed by atoms with Gasteiger partial charge in [0.25, 0.3) is 5.69 Å². The molecule has 0 saturated carbocycles. The number of carboxylic acids is 1. The van der Waals surface area contributed by atoms with Crippen LogP contribution in [0.4, 0.5) is 11.5 Å². The summed E-state index contributed by atoms with van der Waals surface area (Å²) in [6, 6.07) is 1.20. The first-order chi connectivity index (χ1) is 9.41. The van der Waals surface area contributed by atoms with E-state index in [-0.39, 0.29) is 17.3 Å². The molecule has 0 spiro atoms. The summed E-state index contributed by atoms with van der Waals surface area (Å²) in [7, 11) is 0. The second kappa shape index (κ2) is 5.66. The highest BCUT2D eigenvalue weighted by Gasteiger charge is 2.30. The summed E-state index contributed by atoms with van der Waals surface area (Å²) in [5.74, 6) is -0.0134. The SMILES string of the molecule is CC1SCCN(c2ncc([N+](=O)[O-])cc2C(=O)O)C1C. The van der Waals surface area contributed by atoms with E-state index in [0.29, 0.717) is 17.6 Å². The summed E-state index contributed by atoms with van der Waals surface area (Å²) in [6.45, 7) is 4.76. The number of aromatic nitrogens is 1. The van der Waals surface area contributed by atoms with Gasteiger partial charge in [-0.2, -0.15) is 11.8 Å². The Morgan fingerprint density at radius 2 is 2.30 bits per heavy atom. The molecule has 1 aliphatic rings. The lowest BCUT2D eigenvalue weighted by Crippen LogP contribution is -2.45. The molecule has 0 radical (unpaired) electrons. The maximum atomic E-state index is 11.3. The van der Waals surface area contributed by atoms with Crippen LogP contribution in [0.15, 0.2) is 12.3 Å². The van der Waals surface area contributed by atoms with Crippen molar-refractivity contribution in [1.29, 1.82) is 0 Å². The minimum atomic E-state index is -1.20. The van der Waals surface area contributed by atoms with Crippen molar-refractivity contribution in [3.8, 4) is 0 Å². The number of nitrogens with zero attached hydrogens (tertiary/aromatic N) is 3. The van der Waals surface area contributed by atoms with Crippen LogP contribution in [0.1, 0.15) is 24.2 Å². The number of aromatic carboxylic acids is 1. The zero-order valence-electron chi connectivity index (χ0n) is 11.1. The lowest BCUT2D eigenvalue weighted by Gasteiger charge is -2.38. The maximum absolute atomic E-state index is 11.3. The number of carbonyl (C=O) groups is 1. The zero-order valence-corrected chi connectivity index (χ0v) is 12.0. The van der Waals surface area contributed by atoms with Crippen LogP contribution in [-0.2, 0) is 0 Å². The normalized spacial score (nSPS) is 22.6. The standard InChI is InChI=1S/C12H15N3O4S/c1-7-8(2)20-4-3-14(7)11-10(12(16)17)5-9(6-13-11)15(18)19/h5-8H,3-4H2,1-2H3,(H,16,17). The van der Waals surface area contributed by atoms with Gasteiger partial charge in [-0.05, 0) is 6.92 Å². The monoisotopic (exact) mass is 297 g/mol. The number of hydrogen-bond acceptors (Lipinski definition) is 6. The Labute approximate surface area is 120 Å². The molecule has 1 aromatic heterocycles. The molecule has 1 fully saturated rings. The highest BCUT2D eigenvalue weighted by molar-refractivity contribution is 8.00. The fraction of sp³-hybridized carbons (Fsp3) is 0.500. The van der Waals surface area contributed by atoms with Gasteiger partial charge in [0.05, 0.1) is 4.92 Å². The van der Waals surface area contributed by atoms with Crippen molar-refractivity contribution in [3.63, 3.8) is 0 Å². The summed E-state index contributed by atoms with van der Waals surface area (Å²) < 4.78 is 0. The summed E-state index contributed by atoms with van der Waals surface area (Å²) in [5, 5.41) is 20.3. The Kier molecular flexibility index (Phi) is 4.12. The number of nitro groups is 1. The lowest BCUT2D eigenvalue weighted by molar-refractivity contribution is -0.385. The Bertz CT molecular complexity index is 552. The van der Waals surface area contributed by atoms with Crippen molar-refractivity contribution in [2.75, 3.05) is 17.2 Å². The van der Waals surface area contributed by atoms with Crippen LogP contribution < -0.4 is 4.90 Å². The van der Waals surface area contributed by atoms with E-state index in [2.05, 4.69) is 11.9 Å². The summed E-state index contributed by atoms with van der Waals surface area (Å²) in [6.07, 6.45) is 1.11. The smallest absolute Gasteiger partial charge is 0.339 e. The molecule has 8 heteroatoms. The van der Waals surface area contributed by atoms with E-state index in [4.69, 9.17) is 0 Å². The molecule has 20 heavy (non-hydrogen) atoms. The highest BCUT2D eigenvalue weighted by atomic mass is 32.2. The van der Waals surface area contributed by atoms with Crippen LogP contribution in [-0.4, -0.2) is 44.6 Å². The molecule has 0 amide bonds. The third kappa shape index (κ3) is 2.69. The fourth-order valence-corrected chi connectivity index (χ4v) is 3.26. The first kappa shape index (κ1) is 14.6. The molecule has 2 rings (SSSR count). The van der Waals surface area contributed by atoms with Gasteiger partial charge in [-0.15, -0.1) is 0 Å². The average Bonchev–Trinajstić information content (AvgIpc) is 2.41. The largest absolute Gasteiger partial charge is 0.478 e. The second-order valence-electron chi connectivity index (χ2n) is 4.64. The molecule has 2 atom stereocenters. The Morgan fingerprint density at radius 1 is 1.60 bits per heavy atom. The third-order valence-corrected chi connectivity index (χ3v) is 4.79. The van der Waals surface area contributed by atoms with E-state index in [1.54, 1.807) is 0 Å². The van der Waals surface area contributed by atoms with E-state index in [9.17, 15) is 20.0 Å². The van der Waals surface area contributed by atoms with Crippen molar-refractivity contribution < 1.29 is 14.8 Å². The van der Waals surface area contributed by atoms with Gasteiger partial charge in [-0.3, -0.25) is 10.1 Å². The topological polar surface area (TPSA) is 96.6 Å². The van der Waals surface area contributed by atoms with Crippen molar-refractivity contribution in [2.45, 2.75) is 25.1 Å². The molecule has 0 aliphatic carbocycles. The van der Waals surface area contributed by atoms with Crippen molar-refractivity contribution in [2.24, 2.45) is 0 Å². The van der Waals surface area contributed by atoms with E-state index in [0.717, 1.165) is 18.0 Å². The average molecular weight is 297 g/mol. The number of pyridine rings is 1. The van der Waals surface area contributed by atoms with Crippen LogP contribution >= 0.6 is 11.8 Å². The van der Waals surface area contributed by atoms with Gasteiger partial charge in [-0.25, -0.2) is 9.78 Å². The van der Waals surface area contributed by atoms with Crippen LogP contribution in [0.2, 0.25) is 0 Å². The number of anilines is 1. The highest BCUT2D eigenvalue weighted by Crippen LogP contribution is 2.31. The molecule has 0 aromatic carbocycles. The second-order valence-corrected chi connectivity index (χ2v) is 6.12. The van der Waals surface area contributed by atoms with Crippen LogP contribution in [0.25, 0.3) is 0 Å². The van der Waals surface area contributed by atoms with E-state index >= 15 is 0 Å². The molecule has 1 aromatic rings. The van der Waals surface area contributed by atoms with Gasteiger partial charge in [0.15, 0.2) is 0 Å².